The van der Waals surface area contributed by atoms with Gasteiger partial charge >= 0.3 is 0 Å². The molecule has 1 rings (SSSR count). The molecule has 0 fully saturated rings. The summed E-state index contributed by atoms with van der Waals surface area (Å²) in [6, 6.07) is 6.05. The van der Waals surface area contributed by atoms with Gasteiger partial charge in [-0.2, -0.15) is 11.8 Å². The van der Waals surface area contributed by atoms with Crippen LogP contribution in [0.5, 0.6) is 0 Å². The standard InChI is InChI=1S/C11H16BrNOS/c1-14-3-2-4-15-8-9-5-10(12)7-11(13)6-9/h5-7H,2-4,8,13H2,1H3. The molecule has 1 aromatic carbocycles. The highest BCUT2D eigenvalue weighted by Gasteiger charge is 1.97. The molecule has 0 aliphatic carbocycles. The molecular weight excluding hydrogens is 274 g/mol. The van der Waals surface area contributed by atoms with E-state index in [9.17, 15) is 0 Å². The van der Waals surface area contributed by atoms with E-state index >= 15 is 0 Å². The van der Waals surface area contributed by atoms with Crippen molar-refractivity contribution in [2.75, 3.05) is 25.2 Å². The van der Waals surface area contributed by atoms with E-state index in [-0.39, 0.29) is 0 Å². The lowest BCUT2D eigenvalue weighted by Crippen LogP contribution is -1.92. The Morgan fingerprint density at radius 3 is 2.87 bits per heavy atom. The molecule has 0 radical (unpaired) electrons. The van der Waals surface area contributed by atoms with Crippen molar-refractivity contribution >= 4 is 33.4 Å². The van der Waals surface area contributed by atoms with E-state index in [0.717, 1.165) is 34.7 Å². The normalized spacial score (nSPS) is 10.5. The van der Waals surface area contributed by atoms with E-state index < -0.39 is 0 Å². The predicted molar refractivity (Wildman–Crippen MR) is 71.2 cm³/mol. The fourth-order valence-corrected chi connectivity index (χ4v) is 2.68. The molecular formula is C11H16BrNOS. The summed E-state index contributed by atoms with van der Waals surface area (Å²) in [7, 11) is 1.74. The van der Waals surface area contributed by atoms with Crippen LogP contribution in [-0.4, -0.2) is 19.5 Å². The summed E-state index contributed by atoms with van der Waals surface area (Å²) in [6.07, 6.45) is 1.10. The van der Waals surface area contributed by atoms with Gasteiger partial charge in [0.25, 0.3) is 0 Å². The minimum Gasteiger partial charge on any atom is -0.399 e. The molecule has 0 spiro atoms. The highest BCUT2D eigenvalue weighted by atomic mass is 79.9. The van der Waals surface area contributed by atoms with E-state index in [1.807, 2.05) is 23.9 Å². The Labute approximate surface area is 104 Å². The highest BCUT2D eigenvalue weighted by molar-refractivity contribution is 9.10. The first-order valence-electron chi connectivity index (χ1n) is 4.84. The summed E-state index contributed by atoms with van der Waals surface area (Å²) in [5.74, 6) is 2.13. The van der Waals surface area contributed by atoms with Crippen LogP contribution in [0.1, 0.15) is 12.0 Å². The average Bonchev–Trinajstić information content (AvgIpc) is 2.16. The number of anilines is 1. The number of halogens is 1. The summed E-state index contributed by atoms with van der Waals surface area (Å²) in [4.78, 5) is 0. The number of hydrogen-bond donors (Lipinski definition) is 1. The van der Waals surface area contributed by atoms with Crippen molar-refractivity contribution in [3.05, 3.63) is 28.2 Å². The van der Waals surface area contributed by atoms with Crippen molar-refractivity contribution in [3.63, 3.8) is 0 Å². The molecule has 0 amide bonds. The Hall–Kier alpha value is -0.190. The number of hydrogen-bond acceptors (Lipinski definition) is 3. The van der Waals surface area contributed by atoms with Gasteiger partial charge < -0.3 is 10.5 Å². The van der Waals surface area contributed by atoms with Crippen LogP contribution in [0.2, 0.25) is 0 Å². The van der Waals surface area contributed by atoms with Crippen LogP contribution < -0.4 is 5.73 Å². The molecule has 0 aromatic heterocycles. The molecule has 0 bridgehead atoms. The van der Waals surface area contributed by atoms with Crippen molar-refractivity contribution in [1.29, 1.82) is 0 Å². The minimum atomic E-state index is 0.817. The number of methoxy groups -OCH3 is 1. The average molecular weight is 290 g/mol. The maximum atomic E-state index is 5.75. The van der Waals surface area contributed by atoms with Gasteiger partial charge in [0.1, 0.15) is 0 Å². The second-order valence-electron chi connectivity index (χ2n) is 3.29. The Bertz CT molecular complexity index is 286. The lowest BCUT2D eigenvalue weighted by molar-refractivity contribution is 0.200. The predicted octanol–water partition coefficient (Wildman–Crippen LogP) is 3.30. The van der Waals surface area contributed by atoms with Gasteiger partial charge in [0.2, 0.25) is 0 Å². The highest BCUT2D eigenvalue weighted by Crippen LogP contribution is 2.21. The summed E-state index contributed by atoms with van der Waals surface area (Å²) in [5.41, 5.74) is 7.84. The maximum Gasteiger partial charge on any atom is 0.0470 e. The number of nitrogen functional groups attached to an aromatic ring is 1. The molecule has 0 aliphatic heterocycles. The fourth-order valence-electron chi connectivity index (χ4n) is 1.25. The molecule has 84 valence electrons. The van der Waals surface area contributed by atoms with E-state index in [1.54, 1.807) is 7.11 Å². The van der Waals surface area contributed by atoms with Gasteiger partial charge in [0.15, 0.2) is 0 Å². The lowest BCUT2D eigenvalue weighted by atomic mass is 10.2. The van der Waals surface area contributed by atoms with Crippen molar-refractivity contribution in [2.45, 2.75) is 12.2 Å². The SMILES string of the molecule is COCCCSCc1cc(N)cc(Br)c1. The first-order valence-corrected chi connectivity index (χ1v) is 6.79. The molecule has 15 heavy (non-hydrogen) atoms. The van der Waals surface area contributed by atoms with E-state index in [0.29, 0.717) is 0 Å². The maximum absolute atomic E-state index is 5.75. The van der Waals surface area contributed by atoms with Crippen LogP contribution in [0.25, 0.3) is 0 Å². The molecule has 0 atom stereocenters. The van der Waals surface area contributed by atoms with Gasteiger partial charge in [0.05, 0.1) is 0 Å². The first kappa shape index (κ1) is 12.9. The molecule has 1 aromatic rings. The van der Waals surface area contributed by atoms with Crippen LogP contribution in [0, 0.1) is 0 Å². The number of ether oxygens (including phenoxy) is 1. The Morgan fingerprint density at radius 2 is 2.20 bits per heavy atom. The second-order valence-corrected chi connectivity index (χ2v) is 5.31. The van der Waals surface area contributed by atoms with Crippen LogP contribution in [0.15, 0.2) is 22.7 Å². The molecule has 2 N–H and O–H groups in total. The van der Waals surface area contributed by atoms with Gasteiger partial charge in [-0.15, -0.1) is 0 Å². The van der Waals surface area contributed by atoms with Crippen molar-refractivity contribution in [1.82, 2.24) is 0 Å². The van der Waals surface area contributed by atoms with Crippen LogP contribution in [0.4, 0.5) is 5.69 Å². The second kappa shape index (κ2) is 7.14. The first-order chi connectivity index (χ1) is 7.22. The third-order valence-electron chi connectivity index (χ3n) is 1.89. The van der Waals surface area contributed by atoms with Crippen LogP contribution >= 0.6 is 27.7 Å². The van der Waals surface area contributed by atoms with E-state index in [1.165, 1.54) is 5.56 Å². The lowest BCUT2D eigenvalue weighted by Gasteiger charge is -2.04. The fraction of sp³-hybridized carbons (Fsp3) is 0.455. The number of thioether (sulfide) groups is 1. The zero-order valence-corrected chi connectivity index (χ0v) is 11.2. The Kier molecular flexibility index (Phi) is 6.13. The molecule has 2 nitrogen and oxygen atoms in total. The zero-order chi connectivity index (χ0) is 11.1. The summed E-state index contributed by atoms with van der Waals surface area (Å²) < 4.78 is 6.04. The number of rotatable bonds is 6. The molecule has 0 unspecified atom stereocenters. The van der Waals surface area contributed by atoms with Crippen LogP contribution in [-0.2, 0) is 10.5 Å². The summed E-state index contributed by atoms with van der Waals surface area (Å²) in [5, 5.41) is 0. The Balaban J connectivity index is 2.31. The molecule has 0 saturated heterocycles. The van der Waals surface area contributed by atoms with Gasteiger partial charge in [-0.1, -0.05) is 15.9 Å². The summed E-state index contributed by atoms with van der Waals surface area (Å²) >= 11 is 5.34. The molecule has 0 aliphatic rings. The van der Waals surface area contributed by atoms with Crippen molar-refractivity contribution in [3.8, 4) is 0 Å². The monoisotopic (exact) mass is 289 g/mol. The van der Waals surface area contributed by atoms with Crippen molar-refractivity contribution in [2.24, 2.45) is 0 Å². The number of nitrogens with two attached hydrogens (primary N) is 1. The topological polar surface area (TPSA) is 35.2 Å². The third-order valence-corrected chi connectivity index (χ3v) is 3.46. The summed E-state index contributed by atoms with van der Waals surface area (Å²) in [6.45, 7) is 0.841. The number of benzene rings is 1. The zero-order valence-electron chi connectivity index (χ0n) is 8.83. The van der Waals surface area contributed by atoms with Gasteiger partial charge in [0, 0.05) is 29.6 Å². The molecule has 0 heterocycles. The third kappa shape index (κ3) is 5.44. The van der Waals surface area contributed by atoms with Gasteiger partial charge in [-0.25, -0.2) is 0 Å². The smallest absolute Gasteiger partial charge is 0.0470 e. The van der Waals surface area contributed by atoms with Crippen LogP contribution in [0.3, 0.4) is 0 Å². The van der Waals surface area contributed by atoms with Gasteiger partial charge in [-0.05, 0) is 35.9 Å². The van der Waals surface area contributed by atoms with Gasteiger partial charge in [-0.3, -0.25) is 0 Å². The van der Waals surface area contributed by atoms with E-state index in [2.05, 4.69) is 22.0 Å². The quantitative estimate of drug-likeness (QED) is 0.645. The largest absolute Gasteiger partial charge is 0.399 e. The Morgan fingerprint density at radius 1 is 1.40 bits per heavy atom. The molecule has 4 heteroatoms. The molecule has 0 saturated carbocycles. The van der Waals surface area contributed by atoms with E-state index in [4.69, 9.17) is 10.5 Å². The van der Waals surface area contributed by atoms with Crippen molar-refractivity contribution < 1.29 is 4.74 Å². The minimum absolute atomic E-state index is 0.817.